The monoisotopic (exact) mass is 245 g/mol. The highest BCUT2D eigenvalue weighted by Gasteiger charge is 2.06. The highest BCUT2D eigenvalue weighted by Crippen LogP contribution is 2.16. The van der Waals surface area contributed by atoms with Gasteiger partial charge in [0.05, 0.1) is 6.61 Å². The van der Waals surface area contributed by atoms with Crippen LogP contribution in [0.2, 0.25) is 0 Å². The van der Waals surface area contributed by atoms with Crippen LogP contribution in [-0.4, -0.2) is 6.61 Å². The van der Waals surface area contributed by atoms with Crippen LogP contribution in [0.5, 0.6) is 5.75 Å². The Balaban J connectivity index is 1.81. The Morgan fingerprint density at radius 1 is 1.00 bits per heavy atom. The number of para-hydroxylation sites is 1. The number of rotatable bonds is 5. The Kier molecular flexibility index (Phi) is 4.31. The summed E-state index contributed by atoms with van der Waals surface area (Å²) >= 11 is 0. The van der Waals surface area contributed by atoms with E-state index in [-0.39, 0.29) is 11.9 Å². The number of nitrogens with two attached hydrogens (primary N) is 1. The van der Waals surface area contributed by atoms with Gasteiger partial charge in [-0.25, -0.2) is 4.39 Å². The van der Waals surface area contributed by atoms with Crippen molar-refractivity contribution in [3.63, 3.8) is 0 Å². The average Bonchev–Trinajstić information content (AvgIpc) is 2.40. The third-order valence-electron chi connectivity index (χ3n) is 2.74. The van der Waals surface area contributed by atoms with Crippen LogP contribution in [-0.2, 0) is 0 Å². The maximum atomic E-state index is 12.8. The largest absolute Gasteiger partial charge is 0.494 e. The zero-order valence-corrected chi connectivity index (χ0v) is 10.1. The minimum absolute atomic E-state index is 0.130. The summed E-state index contributed by atoms with van der Waals surface area (Å²) in [6.45, 7) is 0.544. The van der Waals surface area contributed by atoms with Crippen LogP contribution in [0.25, 0.3) is 0 Å². The lowest BCUT2D eigenvalue weighted by Crippen LogP contribution is -2.14. The molecule has 0 aliphatic rings. The second-order valence-corrected chi connectivity index (χ2v) is 4.11. The lowest BCUT2D eigenvalue weighted by molar-refractivity contribution is 0.298. The van der Waals surface area contributed by atoms with Crippen LogP contribution < -0.4 is 10.5 Å². The normalized spacial score (nSPS) is 12.1. The molecule has 2 rings (SSSR count). The fourth-order valence-electron chi connectivity index (χ4n) is 1.70. The first-order valence-electron chi connectivity index (χ1n) is 5.94. The van der Waals surface area contributed by atoms with Gasteiger partial charge in [-0.05, 0) is 29.8 Å². The van der Waals surface area contributed by atoms with E-state index in [0.717, 1.165) is 11.3 Å². The molecule has 2 N–H and O–H groups in total. The highest BCUT2D eigenvalue weighted by molar-refractivity contribution is 5.21. The van der Waals surface area contributed by atoms with E-state index in [1.165, 1.54) is 12.1 Å². The van der Waals surface area contributed by atoms with Gasteiger partial charge in [-0.15, -0.1) is 0 Å². The standard InChI is InChI=1S/C15H16FNO/c16-13-8-6-12(7-9-13)15(17)10-11-18-14-4-2-1-3-5-14/h1-9,15H,10-11,17H2/t15-/m1/s1. The van der Waals surface area contributed by atoms with Crippen molar-refractivity contribution in [1.82, 2.24) is 0 Å². The molecule has 0 saturated heterocycles. The van der Waals surface area contributed by atoms with E-state index < -0.39 is 0 Å². The zero-order valence-electron chi connectivity index (χ0n) is 10.1. The van der Waals surface area contributed by atoms with Crippen LogP contribution in [0.4, 0.5) is 4.39 Å². The molecule has 0 bridgehead atoms. The molecule has 1 atom stereocenters. The van der Waals surface area contributed by atoms with Gasteiger partial charge in [0.25, 0.3) is 0 Å². The molecule has 0 saturated carbocycles. The third kappa shape index (κ3) is 3.57. The molecule has 0 aliphatic carbocycles. The van der Waals surface area contributed by atoms with E-state index in [4.69, 9.17) is 10.5 Å². The van der Waals surface area contributed by atoms with Gasteiger partial charge in [-0.3, -0.25) is 0 Å². The fourth-order valence-corrected chi connectivity index (χ4v) is 1.70. The van der Waals surface area contributed by atoms with Crippen molar-refractivity contribution in [3.05, 3.63) is 66.0 Å². The van der Waals surface area contributed by atoms with Crippen LogP contribution in [0.15, 0.2) is 54.6 Å². The molecule has 2 aromatic rings. The molecular formula is C15H16FNO. The Morgan fingerprint density at radius 2 is 1.67 bits per heavy atom. The van der Waals surface area contributed by atoms with Gasteiger partial charge in [0.15, 0.2) is 0 Å². The van der Waals surface area contributed by atoms with Crippen molar-refractivity contribution < 1.29 is 9.13 Å². The lowest BCUT2D eigenvalue weighted by Gasteiger charge is -2.12. The summed E-state index contributed by atoms with van der Waals surface area (Å²) in [5.74, 6) is 0.593. The van der Waals surface area contributed by atoms with Crippen molar-refractivity contribution in [2.75, 3.05) is 6.61 Å². The maximum Gasteiger partial charge on any atom is 0.123 e. The molecule has 3 heteroatoms. The van der Waals surface area contributed by atoms with Crippen molar-refractivity contribution in [3.8, 4) is 5.75 Å². The minimum Gasteiger partial charge on any atom is -0.494 e. The Hall–Kier alpha value is -1.87. The Bertz CT molecular complexity index is 470. The van der Waals surface area contributed by atoms with E-state index in [9.17, 15) is 4.39 Å². The van der Waals surface area contributed by atoms with Crippen molar-refractivity contribution in [2.45, 2.75) is 12.5 Å². The topological polar surface area (TPSA) is 35.2 Å². The molecule has 2 aromatic carbocycles. The predicted octanol–water partition coefficient (Wildman–Crippen LogP) is 3.29. The quantitative estimate of drug-likeness (QED) is 0.877. The highest BCUT2D eigenvalue weighted by atomic mass is 19.1. The summed E-state index contributed by atoms with van der Waals surface area (Å²) < 4.78 is 18.3. The molecule has 0 spiro atoms. The number of hydrogen-bond acceptors (Lipinski definition) is 2. The molecule has 0 aliphatic heterocycles. The molecule has 0 radical (unpaired) electrons. The molecule has 2 nitrogen and oxygen atoms in total. The van der Waals surface area contributed by atoms with E-state index in [1.54, 1.807) is 12.1 Å². The molecule has 0 aromatic heterocycles. The zero-order chi connectivity index (χ0) is 12.8. The third-order valence-corrected chi connectivity index (χ3v) is 2.74. The van der Waals surface area contributed by atoms with Gasteiger partial charge in [0.2, 0.25) is 0 Å². The summed E-state index contributed by atoms with van der Waals surface area (Å²) in [5, 5.41) is 0. The van der Waals surface area contributed by atoms with Crippen LogP contribution in [0.1, 0.15) is 18.0 Å². The van der Waals surface area contributed by atoms with Gasteiger partial charge in [0, 0.05) is 12.5 Å². The second kappa shape index (κ2) is 6.17. The van der Waals surface area contributed by atoms with Crippen molar-refractivity contribution in [1.29, 1.82) is 0 Å². The first-order chi connectivity index (χ1) is 8.75. The molecule has 94 valence electrons. The van der Waals surface area contributed by atoms with Gasteiger partial charge in [-0.2, -0.15) is 0 Å². The number of ether oxygens (including phenoxy) is 1. The summed E-state index contributed by atoms with van der Waals surface area (Å²) in [6, 6.07) is 15.7. The van der Waals surface area contributed by atoms with Crippen LogP contribution in [0, 0.1) is 5.82 Å². The smallest absolute Gasteiger partial charge is 0.123 e. The number of benzene rings is 2. The van der Waals surface area contributed by atoms with E-state index in [0.29, 0.717) is 13.0 Å². The minimum atomic E-state index is -0.244. The molecular weight excluding hydrogens is 229 g/mol. The van der Waals surface area contributed by atoms with E-state index >= 15 is 0 Å². The molecule has 0 heterocycles. The SMILES string of the molecule is N[C@H](CCOc1ccccc1)c1ccc(F)cc1. The summed E-state index contributed by atoms with van der Waals surface area (Å²) in [5.41, 5.74) is 6.93. The maximum absolute atomic E-state index is 12.8. The van der Waals surface area contributed by atoms with Gasteiger partial charge >= 0.3 is 0 Å². The molecule has 0 amide bonds. The van der Waals surface area contributed by atoms with Gasteiger partial charge in [0.1, 0.15) is 11.6 Å². The summed E-state index contributed by atoms with van der Waals surface area (Å²) in [7, 11) is 0. The van der Waals surface area contributed by atoms with Gasteiger partial charge in [-0.1, -0.05) is 30.3 Å². The van der Waals surface area contributed by atoms with E-state index in [2.05, 4.69) is 0 Å². The molecule has 18 heavy (non-hydrogen) atoms. The lowest BCUT2D eigenvalue weighted by atomic mass is 10.1. The van der Waals surface area contributed by atoms with Crippen molar-refractivity contribution in [2.24, 2.45) is 5.73 Å². The van der Waals surface area contributed by atoms with Crippen LogP contribution >= 0.6 is 0 Å². The summed E-state index contributed by atoms with van der Waals surface area (Å²) in [6.07, 6.45) is 0.695. The Labute approximate surface area is 106 Å². The van der Waals surface area contributed by atoms with Crippen molar-refractivity contribution >= 4 is 0 Å². The molecule has 0 unspecified atom stereocenters. The fraction of sp³-hybridized carbons (Fsp3) is 0.200. The first kappa shape index (κ1) is 12.6. The number of halogens is 1. The number of hydrogen-bond donors (Lipinski definition) is 1. The van der Waals surface area contributed by atoms with E-state index in [1.807, 2.05) is 30.3 Å². The summed E-state index contributed by atoms with van der Waals surface area (Å²) in [4.78, 5) is 0. The van der Waals surface area contributed by atoms with Crippen LogP contribution in [0.3, 0.4) is 0 Å². The average molecular weight is 245 g/mol. The molecule has 0 fully saturated rings. The second-order valence-electron chi connectivity index (χ2n) is 4.11. The Morgan fingerprint density at radius 3 is 2.33 bits per heavy atom. The first-order valence-corrected chi connectivity index (χ1v) is 5.94. The van der Waals surface area contributed by atoms with Gasteiger partial charge < -0.3 is 10.5 Å². The predicted molar refractivity (Wildman–Crippen MR) is 69.9 cm³/mol.